The fourth-order valence-electron chi connectivity index (χ4n) is 3.01. The van der Waals surface area contributed by atoms with Gasteiger partial charge in [0.05, 0.1) is 19.3 Å². The van der Waals surface area contributed by atoms with Crippen LogP contribution in [-0.2, 0) is 11.2 Å². The van der Waals surface area contributed by atoms with Crippen molar-refractivity contribution in [1.29, 1.82) is 0 Å². The van der Waals surface area contributed by atoms with Crippen LogP contribution in [0.5, 0.6) is 5.88 Å². The number of thiophene rings is 1. The van der Waals surface area contributed by atoms with Crippen LogP contribution in [0.1, 0.15) is 36.4 Å². The van der Waals surface area contributed by atoms with Gasteiger partial charge in [0.1, 0.15) is 0 Å². The monoisotopic (exact) mass is 346 g/mol. The minimum Gasteiger partial charge on any atom is -0.481 e. The smallest absolute Gasteiger partial charge is 0.220 e. The van der Waals surface area contributed by atoms with Crippen LogP contribution in [-0.4, -0.2) is 29.2 Å². The van der Waals surface area contributed by atoms with E-state index in [1.807, 2.05) is 17.5 Å². The number of amides is 1. The first-order valence-corrected chi connectivity index (χ1v) is 9.08. The minimum atomic E-state index is -0.258. The van der Waals surface area contributed by atoms with Crippen molar-refractivity contribution in [2.75, 3.05) is 7.11 Å². The van der Waals surface area contributed by atoms with Crippen molar-refractivity contribution in [1.82, 2.24) is 10.3 Å². The Balaban J connectivity index is 1.64. The number of rotatable bonds is 7. The Morgan fingerprint density at radius 3 is 2.88 bits per heavy atom. The van der Waals surface area contributed by atoms with Crippen molar-refractivity contribution in [3.05, 3.63) is 46.3 Å². The van der Waals surface area contributed by atoms with Crippen LogP contribution in [0.25, 0.3) is 0 Å². The lowest BCUT2D eigenvalue weighted by atomic mass is 9.75. The molecule has 24 heavy (non-hydrogen) atoms. The number of carbonyl (C=O) groups excluding carboxylic acids is 1. The topological polar surface area (TPSA) is 71.5 Å². The van der Waals surface area contributed by atoms with Gasteiger partial charge in [-0.15, -0.1) is 0 Å². The second-order valence-corrected chi connectivity index (χ2v) is 6.98. The van der Waals surface area contributed by atoms with Crippen LogP contribution in [0, 0.1) is 5.92 Å². The molecule has 0 spiro atoms. The summed E-state index contributed by atoms with van der Waals surface area (Å²) in [7, 11) is 1.58. The molecule has 0 unspecified atom stereocenters. The molecule has 2 aromatic heterocycles. The molecule has 0 bridgehead atoms. The van der Waals surface area contributed by atoms with E-state index in [0.29, 0.717) is 25.1 Å². The maximum Gasteiger partial charge on any atom is 0.220 e. The molecule has 0 aromatic carbocycles. The lowest BCUT2D eigenvalue weighted by Crippen LogP contribution is -2.41. The van der Waals surface area contributed by atoms with E-state index in [9.17, 15) is 9.90 Å². The normalized spacial score (nSPS) is 20.9. The molecule has 1 aliphatic carbocycles. The van der Waals surface area contributed by atoms with Gasteiger partial charge >= 0.3 is 0 Å². The molecule has 1 fully saturated rings. The maximum absolute atomic E-state index is 12.4. The third kappa shape index (κ3) is 4.13. The van der Waals surface area contributed by atoms with Gasteiger partial charge in [-0.2, -0.15) is 11.3 Å². The molecule has 0 saturated heterocycles. The average molecular weight is 346 g/mol. The molecular weight excluding hydrogens is 324 g/mol. The fourth-order valence-corrected chi connectivity index (χ4v) is 3.71. The predicted molar refractivity (Wildman–Crippen MR) is 93.0 cm³/mol. The van der Waals surface area contributed by atoms with Gasteiger partial charge in [-0.25, -0.2) is 4.98 Å². The molecule has 1 atom stereocenters. The largest absolute Gasteiger partial charge is 0.481 e. The Labute approximate surface area is 145 Å². The molecule has 2 N–H and O–H groups in total. The Morgan fingerprint density at radius 1 is 1.46 bits per heavy atom. The molecule has 5 nitrogen and oxygen atoms in total. The molecule has 2 aromatic rings. The molecule has 6 heteroatoms. The molecule has 1 amide bonds. The Hall–Kier alpha value is -1.92. The number of hydrogen-bond donors (Lipinski definition) is 2. The van der Waals surface area contributed by atoms with E-state index in [0.717, 1.165) is 12.0 Å². The van der Waals surface area contributed by atoms with Gasteiger partial charge < -0.3 is 15.2 Å². The van der Waals surface area contributed by atoms with Gasteiger partial charge in [0.15, 0.2) is 0 Å². The lowest BCUT2D eigenvalue weighted by Gasteiger charge is -2.38. The maximum atomic E-state index is 12.4. The van der Waals surface area contributed by atoms with Crippen LogP contribution in [0.15, 0.2) is 35.2 Å². The number of methoxy groups -OCH3 is 1. The minimum absolute atomic E-state index is 0.0309. The van der Waals surface area contributed by atoms with Crippen molar-refractivity contribution in [3.63, 3.8) is 0 Å². The Kier molecular flexibility index (Phi) is 5.48. The number of aryl methyl sites for hydroxylation is 1. The highest BCUT2D eigenvalue weighted by atomic mass is 32.1. The number of pyridine rings is 1. The summed E-state index contributed by atoms with van der Waals surface area (Å²) in [5, 5.41) is 16.8. The number of aliphatic hydroxyl groups is 1. The van der Waals surface area contributed by atoms with E-state index < -0.39 is 0 Å². The van der Waals surface area contributed by atoms with Crippen molar-refractivity contribution < 1.29 is 14.6 Å². The number of hydrogen-bond acceptors (Lipinski definition) is 5. The van der Waals surface area contributed by atoms with Gasteiger partial charge in [0.25, 0.3) is 0 Å². The summed E-state index contributed by atoms with van der Waals surface area (Å²) in [6, 6.07) is 5.67. The van der Waals surface area contributed by atoms with Crippen molar-refractivity contribution >= 4 is 17.2 Å². The molecule has 128 valence electrons. The third-order valence-electron chi connectivity index (χ3n) is 4.49. The standard InChI is InChI=1S/C18H22N2O3S/c1-23-17-5-3-13(10-19-17)18(14-8-15(21)9-14)20-16(22)4-2-12-6-7-24-11-12/h3,5-7,10-11,14-15,18,21H,2,4,8-9H2,1H3,(H,20,22)/t14?,15?,18-/m0/s1. The number of aliphatic hydroxyl groups excluding tert-OH is 1. The van der Waals surface area contributed by atoms with Crippen LogP contribution >= 0.6 is 11.3 Å². The van der Waals surface area contributed by atoms with E-state index in [1.54, 1.807) is 30.7 Å². The summed E-state index contributed by atoms with van der Waals surface area (Å²) in [6.45, 7) is 0. The van der Waals surface area contributed by atoms with Crippen molar-refractivity contribution in [2.24, 2.45) is 5.92 Å². The van der Waals surface area contributed by atoms with Crippen molar-refractivity contribution in [3.8, 4) is 5.88 Å². The zero-order valence-corrected chi connectivity index (χ0v) is 14.5. The van der Waals surface area contributed by atoms with Crippen LogP contribution in [0.4, 0.5) is 0 Å². The van der Waals surface area contributed by atoms with E-state index >= 15 is 0 Å². The number of nitrogens with one attached hydrogen (secondary N) is 1. The van der Waals surface area contributed by atoms with Crippen LogP contribution in [0.3, 0.4) is 0 Å². The third-order valence-corrected chi connectivity index (χ3v) is 5.22. The second-order valence-electron chi connectivity index (χ2n) is 6.20. The summed E-state index contributed by atoms with van der Waals surface area (Å²) in [5.41, 5.74) is 2.15. The summed E-state index contributed by atoms with van der Waals surface area (Å²) >= 11 is 1.64. The first-order chi connectivity index (χ1) is 11.7. The fraction of sp³-hybridized carbons (Fsp3) is 0.444. The van der Waals surface area contributed by atoms with Gasteiger partial charge in [0, 0.05) is 18.7 Å². The Morgan fingerprint density at radius 2 is 2.29 bits per heavy atom. The molecule has 3 rings (SSSR count). The quantitative estimate of drug-likeness (QED) is 0.809. The SMILES string of the molecule is COc1ccc([C@H](NC(=O)CCc2ccsc2)C2CC(O)C2)cn1. The first-order valence-electron chi connectivity index (χ1n) is 8.14. The van der Waals surface area contributed by atoms with Crippen LogP contribution < -0.4 is 10.1 Å². The molecule has 1 saturated carbocycles. The van der Waals surface area contributed by atoms with Gasteiger partial charge in [-0.05, 0) is 53.1 Å². The Bertz CT molecular complexity index is 651. The van der Waals surface area contributed by atoms with E-state index in [4.69, 9.17) is 4.74 Å². The number of ether oxygens (including phenoxy) is 1. The van der Waals surface area contributed by atoms with Gasteiger partial charge in [-0.1, -0.05) is 6.07 Å². The molecule has 0 aliphatic heterocycles. The number of aromatic nitrogens is 1. The number of carbonyl (C=O) groups is 1. The van der Waals surface area contributed by atoms with E-state index in [2.05, 4.69) is 15.7 Å². The van der Waals surface area contributed by atoms with Gasteiger partial charge in [-0.3, -0.25) is 4.79 Å². The highest BCUT2D eigenvalue weighted by molar-refractivity contribution is 7.07. The van der Waals surface area contributed by atoms with Gasteiger partial charge in [0.2, 0.25) is 11.8 Å². The summed E-state index contributed by atoms with van der Waals surface area (Å²) < 4.78 is 5.09. The van der Waals surface area contributed by atoms with Crippen molar-refractivity contribution in [2.45, 2.75) is 37.8 Å². The molecule has 2 heterocycles. The molecule has 1 aliphatic rings. The van der Waals surface area contributed by atoms with E-state index in [-0.39, 0.29) is 24.0 Å². The van der Waals surface area contributed by atoms with Crippen LogP contribution in [0.2, 0.25) is 0 Å². The molecule has 0 radical (unpaired) electrons. The van der Waals surface area contributed by atoms with E-state index in [1.165, 1.54) is 5.56 Å². The average Bonchev–Trinajstić information content (AvgIpc) is 3.09. The second kappa shape index (κ2) is 7.77. The summed E-state index contributed by atoms with van der Waals surface area (Å²) in [5.74, 6) is 0.832. The molecular formula is C18H22N2O3S. The number of nitrogens with zero attached hydrogens (tertiary/aromatic N) is 1. The zero-order valence-electron chi connectivity index (χ0n) is 13.6. The summed E-state index contributed by atoms with van der Waals surface area (Å²) in [4.78, 5) is 16.6. The zero-order chi connectivity index (χ0) is 16.9. The predicted octanol–water partition coefficient (Wildman–Crippen LogP) is 2.71. The first kappa shape index (κ1) is 16.9. The highest BCUT2D eigenvalue weighted by Crippen LogP contribution is 2.38. The summed E-state index contributed by atoms with van der Waals surface area (Å²) in [6.07, 6.45) is 4.12. The highest BCUT2D eigenvalue weighted by Gasteiger charge is 2.35. The lowest BCUT2D eigenvalue weighted by molar-refractivity contribution is -0.123.